The Morgan fingerprint density at radius 2 is 0.950 bits per heavy atom. The second-order valence-corrected chi connectivity index (χ2v) is 12.3. The van der Waals surface area contributed by atoms with Crippen molar-refractivity contribution in [2.75, 3.05) is 26.4 Å². The molecule has 0 spiro atoms. The minimum Gasteiger partial charge on any atom is -0.465 e. The highest BCUT2D eigenvalue weighted by Gasteiger charge is 2.46. The van der Waals surface area contributed by atoms with E-state index in [2.05, 4.69) is 12.2 Å². The van der Waals surface area contributed by atoms with Gasteiger partial charge in [0, 0.05) is 9.81 Å². The fraction of sp³-hybridized carbons (Fsp3) is 0.600. The van der Waals surface area contributed by atoms with Gasteiger partial charge in [0.05, 0.1) is 26.4 Å². The third-order valence-electron chi connectivity index (χ3n) is 6.79. The summed E-state index contributed by atoms with van der Waals surface area (Å²) in [6.45, 7) is 10.9. The van der Waals surface area contributed by atoms with Gasteiger partial charge in [-0.25, -0.2) is 0 Å². The van der Waals surface area contributed by atoms with E-state index in [0.29, 0.717) is 25.7 Å². The van der Waals surface area contributed by atoms with E-state index in [1.807, 2.05) is 24.3 Å². The molecule has 2 rings (SSSR count). The SMILES string of the molecule is CCOC(=O)C(C)(CC1C=CC(SSC2=CCC(CC(C)(C(=O)OCC)C(=O)OCC)C=C2)=CC1)C(=O)OCC. The number of hydrogen-bond acceptors (Lipinski definition) is 10. The Morgan fingerprint density at radius 3 is 1.18 bits per heavy atom. The van der Waals surface area contributed by atoms with Crippen LogP contribution in [0.15, 0.2) is 46.3 Å². The highest BCUT2D eigenvalue weighted by atomic mass is 33.1. The van der Waals surface area contributed by atoms with Crippen LogP contribution in [0.1, 0.15) is 67.2 Å². The predicted octanol–water partition coefficient (Wildman–Crippen LogP) is 6.33. The van der Waals surface area contributed by atoms with Gasteiger partial charge in [-0.3, -0.25) is 19.2 Å². The Labute approximate surface area is 245 Å². The van der Waals surface area contributed by atoms with Crippen molar-refractivity contribution in [3.05, 3.63) is 46.3 Å². The van der Waals surface area contributed by atoms with Crippen LogP contribution in [0.3, 0.4) is 0 Å². The van der Waals surface area contributed by atoms with E-state index in [0.717, 1.165) is 9.81 Å². The smallest absolute Gasteiger partial charge is 0.323 e. The summed E-state index contributed by atoms with van der Waals surface area (Å²) < 4.78 is 20.7. The molecule has 0 saturated heterocycles. The van der Waals surface area contributed by atoms with Gasteiger partial charge in [-0.1, -0.05) is 58.0 Å². The van der Waals surface area contributed by atoms with Crippen LogP contribution in [0.5, 0.6) is 0 Å². The maximum Gasteiger partial charge on any atom is 0.323 e. The molecule has 2 aliphatic carbocycles. The molecule has 0 aromatic heterocycles. The fourth-order valence-corrected chi connectivity index (χ4v) is 6.63. The Hall–Kier alpha value is -2.46. The summed E-state index contributed by atoms with van der Waals surface area (Å²) in [6, 6.07) is 0. The third-order valence-corrected chi connectivity index (χ3v) is 9.27. The van der Waals surface area contributed by atoms with Crippen molar-refractivity contribution in [2.24, 2.45) is 22.7 Å². The lowest BCUT2D eigenvalue weighted by Crippen LogP contribution is -2.41. The van der Waals surface area contributed by atoms with Gasteiger partial charge in [0.1, 0.15) is 0 Å². The van der Waals surface area contributed by atoms with Crippen molar-refractivity contribution in [3.63, 3.8) is 0 Å². The molecule has 2 unspecified atom stereocenters. The van der Waals surface area contributed by atoms with Crippen LogP contribution in [0.4, 0.5) is 0 Å². The first-order valence-electron chi connectivity index (χ1n) is 13.8. The van der Waals surface area contributed by atoms with E-state index in [4.69, 9.17) is 18.9 Å². The van der Waals surface area contributed by atoms with Crippen molar-refractivity contribution in [2.45, 2.75) is 67.2 Å². The molecule has 8 nitrogen and oxygen atoms in total. The zero-order valence-corrected chi connectivity index (χ0v) is 26.0. The molecule has 0 N–H and O–H groups in total. The largest absolute Gasteiger partial charge is 0.465 e. The summed E-state index contributed by atoms with van der Waals surface area (Å²) in [5.74, 6) is -2.20. The standard InChI is InChI=1S/C30H42O8S2/c1-7-35-25(31)29(5,26(32)36-8-2)19-21-11-15-23(16-12-21)39-40-24-17-13-22(14-18-24)20-30(6,27(33)37-9-3)28(34)38-10-4/h11,13,15-18,21-22H,7-10,12,14,19-20H2,1-6H3. The highest BCUT2D eigenvalue weighted by Crippen LogP contribution is 2.43. The molecule has 0 radical (unpaired) electrons. The van der Waals surface area contributed by atoms with Crippen molar-refractivity contribution in [1.82, 2.24) is 0 Å². The van der Waals surface area contributed by atoms with Gasteiger partial charge < -0.3 is 18.9 Å². The average Bonchev–Trinajstić information content (AvgIpc) is 2.93. The van der Waals surface area contributed by atoms with Crippen LogP contribution in [-0.4, -0.2) is 50.3 Å². The second-order valence-electron chi connectivity index (χ2n) is 10.0. The number of carbonyl (C=O) groups excluding carboxylic acids is 4. The lowest BCUT2D eigenvalue weighted by atomic mass is 9.78. The van der Waals surface area contributed by atoms with E-state index in [-0.39, 0.29) is 38.3 Å². The number of carbonyl (C=O) groups is 4. The molecule has 2 aliphatic rings. The molecule has 0 amide bonds. The van der Waals surface area contributed by atoms with Gasteiger partial charge in [-0.15, -0.1) is 0 Å². The highest BCUT2D eigenvalue weighted by molar-refractivity contribution is 8.79. The van der Waals surface area contributed by atoms with Gasteiger partial charge in [-0.05, 0) is 79.1 Å². The molecule has 0 fully saturated rings. The van der Waals surface area contributed by atoms with Gasteiger partial charge in [0.2, 0.25) is 0 Å². The maximum atomic E-state index is 12.6. The Bertz CT molecular complexity index is 924. The molecule has 2 atom stereocenters. The lowest BCUT2D eigenvalue weighted by Gasteiger charge is -2.29. The summed E-state index contributed by atoms with van der Waals surface area (Å²) in [5.41, 5.74) is -2.70. The molecule has 0 aromatic carbocycles. The lowest BCUT2D eigenvalue weighted by molar-refractivity contribution is -0.173. The van der Waals surface area contributed by atoms with Crippen LogP contribution in [0, 0.1) is 22.7 Å². The molecule has 0 heterocycles. The number of esters is 4. The number of hydrogen-bond donors (Lipinski definition) is 0. The van der Waals surface area contributed by atoms with Crippen LogP contribution in [-0.2, 0) is 38.1 Å². The van der Waals surface area contributed by atoms with E-state index in [1.165, 1.54) is 0 Å². The van der Waals surface area contributed by atoms with Gasteiger partial charge >= 0.3 is 23.9 Å². The summed E-state index contributed by atoms with van der Waals surface area (Å²) in [5, 5.41) is 0. The van der Waals surface area contributed by atoms with Crippen molar-refractivity contribution in [3.8, 4) is 0 Å². The minimum absolute atomic E-state index is 0.0100. The number of allylic oxidation sites excluding steroid dienone is 6. The molecule has 0 aromatic rings. The van der Waals surface area contributed by atoms with Gasteiger partial charge in [0.15, 0.2) is 10.8 Å². The average molecular weight is 595 g/mol. The van der Waals surface area contributed by atoms with Gasteiger partial charge in [-0.2, -0.15) is 0 Å². The molecular formula is C30H42O8S2. The van der Waals surface area contributed by atoms with E-state index in [9.17, 15) is 19.2 Å². The quantitative estimate of drug-likeness (QED) is 0.0924. The first kappa shape index (κ1) is 33.7. The molecule has 10 heteroatoms. The van der Waals surface area contributed by atoms with E-state index < -0.39 is 34.7 Å². The third kappa shape index (κ3) is 9.03. The zero-order valence-electron chi connectivity index (χ0n) is 24.4. The first-order valence-corrected chi connectivity index (χ1v) is 16.0. The number of rotatable bonds is 15. The van der Waals surface area contributed by atoms with Crippen molar-refractivity contribution in [1.29, 1.82) is 0 Å². The van der Waals surface area contributed by atoms with Crippen LogP contribution in [0.25, 0.3) is 0 Å². The Kier molecular flexibility index (Phi) is 13.6. The summed E-state index contributed by atoms with van der Waals surface area (Å²) in [7, 11) is 3.26. The molecule has 0 bridgehead atoms. The normalized spacial score (nSPS) is 18.9. The first-order chi connectivity index (χ1) is 19.0. The van der Waals surface area contributed by atoms with Crippen molar-refractivity contribution < 1.29 is 38.1 Å². The van der Waals surface area contributed by atoms with Crippen LogP contribution in [0.2, 0.25) is 0 Å². The van der Waals surface area contributed by atoms with Crippen molar-refractivity contribution >= 4 is 45.5 Å². The summed E-state index contributed by atoms with van der Waals surface area (Å²) in [4.78, 5) is 52.5. The topological polar surface area (TPSA) is 105 Å². The Balaban J connectivity index is 1.92. The predicted molar refractivity (Wildman–Crippen MR) is 158 cm³/mol. The summed E-state index contributed by atoms with van der Waals surface area (Å²) in [6.07, 6.45) is 14.3. The fourth-order valence-electron chi connectivity index (χ4n) is 4.52. The Morgan fingerprint density at radius 1 is 0.650 bits per heavy atom. The van der Waals surface area contributed by atoms with Gasteiger partial charge in [0.25, 0.3) is 0 Å². The molecular weight excluding hydrogens is 552 g/mol. The molecule has 0 saturated carbocycles. The number of ether oxygens (including phenoxy) is 4. The monoisotopic (exact) mass is 594 g/mol. The van der Waals surface area contributed by atoms with Crippen LogP contribution < -0.4 is 0 Å². The minimum atomic E-state index is -1.35. The maximum absolute atomic E-state index is 12.6. The molecule has 222 valence electrons. The zero-order chi connectivity index (χ0) is 29.8. The summed E-state index contributed by atoms with van der Waals surface area (Å²) >= 11 is 0. The van der Waals surface area contributed by atoms with E-state index in [1.54, 1.807) is 63.1 Å². The van der Waals surface area contributed by atoms with E-state index >= 15 is 0 Å². The van der Waals surface area contributed by atoms with Crippen LogP contribution >= 0.6 is 21.6 Å². The molecule has 0 aliphatic heterocycles. The molecule has 40 heavy (non-hydrogen) atoms. The second kappa shape index (κ2) is 16.1.